The van der Waals surface area contributed by atoms with Gasteiger partial charge in [-0.2, -0.15) is 5.06 Å². The van der Waals surface area contributed by atoms with Gasteiger partial charge in [0.1, 0.15) is 11.9 Å². The number of hydrogen-bond acceptors (Lipinski definition) is 6. The average Bonchev–Trinajstić information content (AvgIpc) is 3.29. The van der Waals surface area contributed by atoms with E-state index in [1.165, 1.54) is 0 Å². The van der Waals surface area contributed by atoms with E-state index < -0.39 is 5.79 Å². The van der Waals surface area contributed by atoms with Gasteiger partial charge in [-0.05, 0) is 25.0 Å². The third-order valence-corrected chi connectivity index (χ3v) is 6.93. The molecule has 6 heteroatoms. The molecule has 0 aromatic heterocycles. The van der Waals surface area contributed by atoms with E-state index in [1.54, 1.807) is 11.8 Å². The molecule has 0 radical (unpaired) electrons. The molecule has 0 bridgehead atoms. The first kappa shape index (κ1) is 15.3. The lowest BCUT2D eigenvalue weighted by Gasteiger charge is -2.44. The van der Waals surface area contributed by atoms with Gasteiger partial charge in [-0.15, -0.1) is 11.8 Å². The summed E-state index contributed by atoms with van der Waals surface area (Å²) in [4.78, 5) is 20.3. The number of ether oxygens (including phenoxy) is 2. The highest BCUT2D eigenvalue weighted by atomic mass is 32.2. The highest BCUT2D eigenvalue weighted by Crippen LogP contribution is 2.52. The highest BCUT2D eigenvalue weighted by molar-refractivity contribution is 8.00. The quantitative estimate of drug-likeness (QED) is 0.818. The molecule has 4 aliphatic rings. The molecule has 0 N–H and O–H groups in total. The lowest BCUT2D eigenvalue weighted by atomic mass is 9.77. The number of carbonyl (C=O) groups excluding carboxylic acids is 1. The van der Waals surface area contributed by atoms with Crippen molar-refractivity contribution in [1.29, 1.82) is 0 Å². The van der Waals surface area contributed by atoms with E-state index in [0.29, 0.717) is 25.4 Å². The maximum Gasteiger partial charge on any atom is 0.210 e. The smallest absolute Gasteiger partial charge is 0.210 e. The van der Waals surface area contributed by atoms with E-state index in [4.69, 9.17) is 14.3 Å². The van der Waals surface area contributed by atoms with Crippen molar-refractivity contribution in [3.8, 4) is 0 Å². The van der Waals surface area contributed by atoms with E-state index in [0.717, 1.165) is 24.3 Å². The number of Topliss-reactive ketones (excluding diaryl/α,β-unsaturated/α-hetero) is 1. The molecular formula is C18H21NO4S. The number of hydrogen-bond donors (Lipinski definition) is 0. The van der Waals surface area contributed by atoms with Crippen LogP contribution in [0.25, 0.3) is 0 Å². The monoisotopic (exact) mass is 347 g/mol. The molecule has 4 fully saturated rings. The van der Waals surface area contributed by atoms with Crippen LogP contribution in [0.5, 0.6) is 0 Å². The van der Waals surface area contributed by atoms with Crippen LogP contribution in [0.1, 0.15) is 19.3 Å². The van der Waals surface area contributed by atoms with Crippen LogP contribution in [-0.2, 0) is 19.1 Å². The second-order valence-corrected chi connectivity index (χ2v) is 8.19. The fraction of sp³-hybridized carbons (Fsp3) is 0.611. The van der Waals surface area contributed by atoms with Gasteiger partial charge in [0.25, 0.3) is 0 Å². The summed E-state index contributed by atoms with van der Waals surface area (Å²) in [5.41, 5.74) is 0. The van der Waals surface area contributed by atoms with Crippen molar-refractivity contribution in [3.63, 3.8) is 0 Å². The van der Waals surface area contributed by atoms with Crippen LogP contribution >= 0.6 is 11.8 Å². The Morgan fingerprint density at radius 1 is 1.17 bits per heavy atom. The fourth-order valence-corrected chi connectivity index (χ4v) is 5.93. The predicted octanol–water partition coefficient (Wildman–Crippen LogP) is 2.26. The molecule has 3 heterocycles. The topological polar surface area (TPSA) is 48.0 Å². The Morgan fingerprint density at radius 3 is 2.75 bits per heavy atom. The van der Waals surface area contributed by atoms with Gasteiger partial charge >= 0.3 is 0 Å². The summed E-state index contributed by atoms with van der Waals surface area (Å²) in [5, 5.41) is 1.94. The minimum absolute atomic E-state index is 0.0730. The molecule has 1 aromatic carbocycles. The van der Waals surface area contributed by atoms with Crippen LogP contribution in [0.2, 0.25) is 0 Å². The number of ketones is 1. The van der Waals surface area contributed by atoms with Gasteiger partial charge in [0, 0.05) is 23.9 Å². The molecule has 4 atom stereocenters. The van der Waals surface area contributed by atoms with Crippen LogP contribution in [0.4, 0.5) is 0 Å². The van der Waals surface area contributed by atoms with Crippen LogP contribution in [0.3, 0.4) is 0 Å². The van der Waals surface area contributed by atoms with E-state index in [2.05, 4.69) is 12.1 Å². The number of carbonyl (C=O) groups is 1. The van der Waals surface area contributed by atoms with Gasteiger partial charge in [0.05, 0.1) is 24.4 Å². The number of thioether (sulfide) groups is 1. The fourth-order valence-electron chi connectivity index (χ4n) is 4.60. The van der Waals surface area contributed by atoms with E-state index in [1.807, 2.05) is 23.3 Å². The van der Waals surface area contributed by atoms with Crippen LogP contribution in [0, 0.1) is 5.92 Å². The van der Waals surface area contributed by atoms with Crippen molar-refractivity contribution < 1.29 is 19.1 Å². The maximum atomic E-state index is 12.9. The van der Waals surface area contributed by atoms with Gasteiger partial charge in [0.15, 0.2) is 0 Å². The third-order valence-electron chi connectivity index (χ3n) is 5.60. The lowest BCUT2D eigenvalue weighted by molar-refractivity contribution is -0.278. The first-order chi connectivity index (χ1) is 11.8. The Bertz CT molecular complexity index is 633. The second-order valence-electron chi connectivity index (χ2n) is 6.91. The van der Waals surface area contributed by atoms with Gasteiger partial charge in [-0.1, -0.05) is 18.2 Å². The highest BCUT2D eigenvalue weighted by Gasteiger charge is 2.66. The number of fused-ring (bicyclic) bond motifs is 4. The predicted molar refractivity (Wildman–Crippen MR) is 88.4 cm³/mol. The standard InChI is InChI=1S/C18H21NO4S/c20-14-11-15(24-12-5-2-1-3-6-12)18(21-9-10-22-18)17-16(14)13-7-4-8-19(13)23-17/h1-3,5-6,13,15-17H,4,7-11H2/t13-,15-,16+,17+/m1/s1. The van der Waals surface area contributed by atoms with E-state index in [9.17, 15) is 4.79 Å². The van der Waals surface area contributed by atoms with Crippen LogP contribution in [-0.4, -0.2) is 53.8 Å². The zero-order valence-corrected chi connectivity index (χ0v) is 14.2. The van der Waals surface area contributed by atoms with Gasteiger partial charge < -0.3 is 9.47 Å². The molecule has 5 rings (SSSR count). The van der Waals surface area contributed by atoms with Gasteiger partial charge in [-0.3, -0.25) is 9.63 Å². The molecule has 1 aliphatic carbocycles. The summed E-state index contributed by atoms with van der Waals surface area (Å²) < 4.78 is 12.3. The number of rotatable bonds is 2. The number of benzene rings is 1. The molecular weight excluding hydrogens is 326 g/mol. The van der Waals surface area contributed by atoms with Crippen molar-refractivity contribution in [3.05, 3.63) is 30.3 Å². The van der Waals surface area contributed by atoms with Crippen molar-refractivity contribution in [2.24, 2.45) is 5.92 Å². The summed E-state index contributed by atoms with van der Waals surface area (Å²) in [5.74, 6) is -0.616. The molecule has 5 nitrogen and oxygen atoms in total. The van der Waals surface area contributed by atoms with E-state index >= 15 is 0 Å². The number of nitrogens with zero attached hydrogens (tertiary/aromatic N) is 1. The zero-order chi connectivity index (χ0) is 16.1. The summed E-state index contributed by atoms with van der Waals surface area (Å²) in [6.07, 6.45) is 2.29. The van der Waals surface area contributed by atoms with Crippen molar-refractivity contribution in [1.82, 2.24) is 5.06 Å². The van der Waals surface area contributed by atoms with Gasteiger partial charge in [0.2, 0.25) is 5.79 Å². The Morgan fingerprint density at radius 2 is 1.96 bits per heavy atom. The molecule has 1 aromatic rings. The van der Waals surface area contributed by atoms with Crippen molar-refractivity contribution in [2.45, 2.75) is 47.3 Å². The molecule has 1 saturated carbocycles. The van der Waals surface area contributed by atoms with Crippen LogP contribution in [0.15, 0.2) is 35.2 Å². The SMILES string of the molecule is O=C1C[C@@H](Sc2ccccc2)C2(OCCO2)[C@H]2ON3CCC[C@@H]3[C@@H]12. The summed E-state index contributed by atoms with van der Waals surface area (Å²) in [6.45, 7) is 2.03. The minimum atomic E-state index is -0.802. The first-order valence-corrected chi connectivity index (χ1v) is 9.62. The summed E-state index contributed by atoms with van der Waals surface area (Å²) in [7, 11) is 0. The Hall–Kier alpha value is -0.920. The van der Waals surface area contributed by atoms with Gasteiger partial charge in [-0.25, -0.2) is 0 Å². The first-order valence-electron chi connectivity index (χ1n) is 8.74. The summed E-state index contributed by atoms with van der Waals surface area (Å²) in [6, 6.07) is 10.4. The van der Waals surface area contributed by atoms with Crippen LogP contribution < -0.4 is 0 Å². The average molecular weight is 347 g/mol. The number of hydroxylamine groups is 2. The van der Waals surface area contributed by atoms with Crippen molar-refractivity contribution in [2.75, 3.05) is 19.8 Å². The Kier molecular flexibility index (Phi) is 3.72. The molecule has 1 spiro atoms. The Balaban J connectivity index is 1.49. The second kappa shape index (κ2) is 5.81. The minimum Gasteiger partial charge on any atom is -0.344 e. The third kappa shape index (κ3) is 2.21. The molecule has 3 aliphatic heterocycles. The van der Waals surface area contributed by atoms with Crippen molar-refractivity contribution >= 4 is 17.5 Å². The Labute approximate surface area is 145 Å². The normalized spacial score (nSPS) is 37.8. The molecule has 0 unspecified atom stereocenters. The molecule has 3 saturated heterocycles. The molecule has 128 valence electrons. The zero-order valence-electron chi connectivity index (χ0n) is 13.4. The maximum absolute atomic E-state index is 12.9. The van der Waals surface area contributed by atoms with E-state index in [-0.39, 0.29) is 23.3 Å². The largest absolute Gasteiger partial charge is 0.344 e. The molecule has 0 amide bonds. The lowest BCUT2D eigenvalue weighted by Crippen LogP contribution is -2.61. The molecule has 24 heavy (non-hydrogen) atoms. The summed E-state index contributed by atoms with van der Waals surface area (Å²) >= 11 is 1.67.